The van der Waals surface area contributed by atoms with Crippen LogP contribution in [0.3, 0.4) is 0 Å². The number of anilines is 1. The zero-order valence-corrected chi connectivity index (χ0v) is 11.7. The Bertz CT molecular complexity index is 573. The molecular formula is C12H19N3O3S. The highest BCUT2D eigenvalue weighted by Crippen LogP contribution is 2.37. The Morgan fingerprint density at radius 1 is 1.53 bits per heavy atom. The highest BCUT2D eigenvalue weighted by molar-refractivity contribution is 7.91. The van der Waals surface area contributed by atoms with E-state index in [-0.39, 0.29) is 24.0 Å². The van der Waals surface area contributed by atoms with Gasteiger partial charge in [0, 0.05) is 24.5 Å². The average Bonchev–Trinajstić information content (AvgIpc) is 3.12. The number of amides is 1. The molecule has 3 N–H and O–H groups in total. The van der Waals surface area contributed by atoms with E-state index in [4.69, 9.17) is 5.73 Å². The van der Waals surface area contributed by atoms with E-state index in [0.29, 0.717) is 17.4 Å². The van der Waals surface area contributed by atoms with Crippen molar-refractivity contribution in [2.75, 3.05) is 23.8 Å². The summed E-state index contributed by atoms with van der Waals surface area (Å²) in [5.74, 6) is -0.210. The molecule has 1 fully saturated rings. The number of nitrogens with zero attached hydrogens (tertiary/aromatic N) is 1. The molecule has 0 saturated heterocycles. The van der Waals surface area contributed by atoms with Crippen molar-refractivity contribution < 1.29 is 13.2 Å². The van der Waals surface area contributed by atoms with Crippen LogP contribution in [0.1, 0.15) is 36.3 Å². The Balaban J connectivity index is 1.97. The minimum atomic E-state index is -3.05. The second-order valence-corrected chi connectivity index (χ2v) is 7.26. The van der Waals surface area contributed by atoms with Crippen LogP contribution < -0.4 is 11.1 Å². The summed E-state index contributed by atoms with van der Waals surface area (Å²) in [7, 11) is -3.05. The molecule has 0 aromatic carbocycles. The van der Waals surface area contributed by atoms with E-state index in [9.17, 15) is 13.2 Å². The molecule has 1 aliphatic rings. The van der Waals surface area contributed by atoms with Crippen LogP contribution in [0, 0.1) is 0 Å². The van der Waals surface area contributed by atoms with Gasteiger partial charge in [-0.3, -0.25) is 4.79 Å². The van der Waals surface area contributed by atoms with Crippen LogP contribution in [-0.2, 0) is 9.84 Å². The number of nitrogens with one attached hydrogen (secondary N) is 1. The smallest absolute Gasteiger partial charge is 0.268 e. The van der Waals surface area contributed by atoms with E-state index in [0.717, 1.165) is 12.8 Å². The second-order valence-electron chi connectivity index (χ2n) is 4.79. The lowest BCUT2D eigenvalue weighted by molar-refractivity contribution is 0.0946. The fourth-order valence-corrected chi connectivity index (χ4v) is 2.59. The Morgan fingerprint density at radius 3 is 2.79 bits per heavy atom. The van der Waals surface area contributed by atoms with Crippen molar-refractivity contribution in [1.82, 2.24) is 9.88 Å². The van der Waals surface area contributed by atoms with Crippen LogP contribution in [0.25, 0.3) is 0 Å². The van der Waals surface area contributed by atoms with Gasteiger partial charge in [-0.05, 0) is 18.9 Å². The first-order valence-corrected chi connectivity index (χ1v) is 8.21. The summed E-state index contributed by atoms with van der Waals surface area (Å²) >= 11 is 0. The average molecular weight is 285 g/mol. The van der Waals surface area contributed by atoms with Crippen molar-refractivity contribution in [3.05, 3.63) is 18.0 Å². The highest BCUT2D eigenvalue weighted by Gasteiger charge is 2.27. The van der Waals surface area contributed by atoms with Gasteiger partial charge in [-0.25, -0.2) is 8.42 Å². The largest absolute Gasteiger partial charge is 0.397 e. The molecule has 1 aromatic rings. The van der Waals surface area contributed by atoms with Gasteiger partial charge in [0.15, 0.2) is 9.84 Å². The summed E-state index contributed by atoms with van der Waals surface area (Å²) in [6.07, 6.45) is 3.87. The molecule has 0 unspecified atom stereocenters. The molecule has 0 bridgehead atoms. The third kappa shape index (κ3) is 3.50. The number of nitrogen functional groups attached to an aromatic ring is 1. The molecule has 1 amide bonds. The van der Waals surface area contributed by atoms with Crippen molar-refractivity contribution in [2.45, 2.75) is 25.8 Å². The van der Waals surface area contributed by atoms with E-state index < -0.39 is 9.84 Å². The molecule has 7 heteroatoms. The number of carbonyl (C=O) groups excluding carboxylic acids is 1. The molecule has 1 heterocycles. The fraction of sp³-hybridized carbons (Fsp3) is 0.583. The summed E-state index contributed by atoms with van der Waals surface area (Å²) in [4.78, 5) is 12.0. The quantitative estimate of drug-likeness (QED) is 0.799. The van der Waals surface area contributed by atoms with Gasteiger partial charge in [0.05, 0.1) is 11.4 Å². The molecule has 6 nitrogen and oxygen atoms in total. The first-order chi connectivity index (χ1) is 8.93. The van der Waals surface area contributed by atoms with Gasteiger partial charge in [0.1, 0.15) is 5.69 Å². The van der Waals surface area contributed by atoms with Crippen molar-refractivity contribution in [3.8, 4) is 0 Å². The maximum atomic E-state index is 12.0. The lowest BCUT2D eigenvalue weighted by Gasteiger charge is -2.08. The van der Waals surface area contributed by atoms with E-state index in [1.54, 1.807) is 19.2 Å². The predicted octanol–water partition coefficient (Wildman–Crippen LogP) is 0.570. The normalized spacial score (nSPS) is 15.4. The third-order valence-electron chi connectivity index (χ3n) is 3.18. The van der Waals surface area contributed by atoms with Gasteiger partial charge in [0.2, 0.25) is 0 Å². The molecule has 0 radical (unpaired) electrons. The first-order valence-electron chi connectivity index (χ1n) is 6.39. The zero-order chi connectivity index (χ0) is 14.0. The molecule has 0 atom stereocenters. The number of hydrogen-bond donors (Lipinski definition) is 2. The van der Waals surface area contributed by atoms with Crippen LogP contribution in [0.2, 0.25) is 0 Å². The van der Waals surface area contributed by atoms with E-state index in [1.165, 1.54) is 0 Å². The van der Waals surface area contributed by atoms with Crippen molar-refractivity contribution in [3.63, 3.8) is 0 Å². The summed E-state index contributed by atoms with van der Waals surface area (Å²) in [5, 5.41) is 2.63. The summed E-state index contributed by atoms with van der Waals surface area (Å²) in [6, 6.07) is 1.99. The molecule has 1 aliphatic carbocycles. The maximum Gasteiger partial charge on any atom is 0.268 e. The Hall–Kier alpha value is -1.50. The Morgan fingerprint density at radius 2 is 2.21 bits per heavy atom. The highest BCUT2D eigenvalue weighted by atomic mass is 32.2. The van der Waals surface area contributed by atoms with Gasteiger partial charge < -0.3 is 15.6 Å². The number of sulfone groups is 1. The molecular weight excluding hydrogens is 266 g/mol. The lowest BCUT2D eigenvalue weighted by atomic mass is 10.3. The van der Waals surface area contributed by atoms with Gasteiger partial charge in [-0.1, -0.05) is 6.92 Å². The van der Waals surface area contributed by atoms with E-state index in [2.05, 4.69) is 5.32 Å². The number of rotatable bonds is 6. The molecule has 1 saturated carbocycles. The third-order valence-corrected chi connectivity index (χ3v) is 4.89. The predicted molar refractivity (Wildman–Crippen MR) is 73.8 cm³/mol. The van der Waals surface area contributed by atoms with Gasteiger partial charge in [0.25, 0.3) is 5.91 Å². The molecule has 0 spiro atoms. The summed E-state index contributed by atoms with van der Waals surface area (Å²) in [5.41, 5.74) is 6.77. The minimum absolute atomic E-state index is 0.0329. The van der Waals surface area contributed by atoms with Gasteiger partial charge in [-0.15, -0.1) is 0 Å². The molecule has 2 rings (SSSR count). The topological polar surface area (TPSA) is 94.2 Å². The second kappa shape index (κ2) is 5.24. The summed E-state index contributed by atoms with van der Waals surface area (Å²) in [6.45, 7) is 1.72. The van der Waals surface area contributed by atoms with Crippen LogP contribution in [0.15, 0.2) is 12.3 Å². The van der Waals surface area contributed by atoms with Crippen molar-refractivity contribution in [2.24, 2.45) is 0 Å². The SMILES string of the molecule is CCS(=O)(=O)CCNC(=O)c1cc(N)cn1C1CC1. The standard InChI is InChI=1S/C12H19N3O3S/c1-2-19(17,18)6-5-14-12(16)11-7-9(13)8-15(11)10-3-4-10/h7-8,10H,2-6,13H2,1H3,(H,14,16). The number of hydrogen-bond acceptors (Lipinski definition) is 4. The van der Waals surface area contributed by atoms with E-state index >= 15 is 0 Å². The number of nitrogens with two attached hydrogens (primary N) is 1. The monoisotopic (exact) mass is 285 g/mol. The Labute approximate surface area is 112 Å². The van der Waals surface area contributed by atoms with Crippen LogP contribution >= 0.6 is 0 Å². The Kier molecular flexibility index (Phi) is 3.84. The number of carbonyl (C=O) groups is 1. The van der Waals surface area contributed by atoms with E-state index in [1.807, 2.05) is 4.57 Å². The zero-order valence-electron chi connectivity index (χ0n) is 10.9. The van der Waals surface area contributed by atoms with Crippen molar-refractivity contribution in [1.29, 1.82) is 0 Å². The van der Waals surface area contributed by atoms with Gasteiger partial charge in [-0.2, -0.15) is 0 Å². The minimum Gasteiger partial charge on any atom is -0.397 e. The maximum absolute atomic E-state index is 12.0. The fourth-order valence-electron chi connectivity index (χ4n) is 1.89. The summed E-state index contributed by atoms with van der Waals surface area (Å²) < 4.78 is 24.5. The molecule has 19 heavy (non-hydrogen) atoms. The molecule has 106 valence electrons. The molecule has 0 aliphatic heterocycles. The van der Waals surface area contributed by atoms with Gasteiger partial charge >= 0.3 is 0 Å². The first kappa shape index (κ1) is 13.9. The van der Waals surface area contributed by atoms with Crippen LogP contribution in [-0.4, -0.2) is 36.9 Å². The molecule has 1 aromatic heterocycles. The van der Waals surface area contributed by atoms with Crippen LogP contribution in [0.5, 0.6) is 0 Å². The lowest BCUT2D eigenvalue weighted by Crippen LogP contribution is -2.30. The van der Waals surface area contributed by atoms with Crippen LogP contribution in [0.4, 0.5) is 5.69 Å². The van der Waals surface area contributed by atoms with Crippen molar-refractivity contribution >= 4 is 21.4 Å². The number of aromatic nitrogens is 1.